The number of nitrogens with one attached hydrogen (secondary N) is 1. The fourth-order valence-electron chi connectivity index (χ4n) is 2.52. The summed E-state index contributed by atoms with van der Waals surface area (Å²) in [6.45, 7) is 2.34. The Kier molecular flexibility index (Phi) is 3.82. The molecule has 21 heavy (non-hydrogen) atoms. The summed E-state index contributed by atoms with van der Waals surface area (Å²) in [7, 11) is 0. The maximum Gasteiger partial charge on any atom is 0.324 e. The van der Waals surface area contributed by atoms with E-state index in [9.17, 15) is 9.59 Å². The molecule has 3 rings (SSSR count). The smallest absolute Gasteiger partial charge is 0.310 e. The van der Waals surface area contributed by atoms with Crippen molar-refractivity contribution in [3.05, 3.63) is 34.9 Å². The van der Waals surface area contributed by atoms with E-state index in [0.717, 1.165) is 5.56 Å². The minimum absolute atomic E-state index is 0.219. The lowest BCUT2D eigenvalue weighted by molar-refractivity contribution is -0.122. The summed E-state index contributed by atoms with van der Waals surface area (Å²) in [4.78, 5) is 26.8. The van der Waals surface area contributed by atoms with Crippen LogP contribution in [0.2, 0.25) is 5.02 Å². The Bertz CT molecular complexity index is 650. The van der Waals surface area contributed by atoms with Crippen LogP contribution in [0.15, 0.2) is 24.3 Å². The molecule has 0 saturated carbocycles. The van der Waals surface area contributed by atoms with Gasteiger partial charge < -0.3 is 4.90 Å². The number of urea groups is 1. The van der Waals surface area contributed by atoms with E-state index < -0.39 is 0 Å². The van der Waals surface area contributed by atoms with Crippen LogP contribution < -0.4 is 5.32 Å². The molecule has 1 N–H and O–H groups in total. The van der Waals surface area contributed by atoms with E-state index in [1.165, 1.54) is 0 Å². The number of nitrogens with zero attached hydrogens (tertiary/aromatic N) is 2. The average molecular weight is 304 g/mol. The second kappa shape index (κ2) is 5.76. The van der Waals surface area contributed by atoms with E-state index in [-0.39, 0.29) is 18.0 Å². The largest absolute Gasteiger partial charge is 0.324 e. The maximum absolute atomic E-state index is 11.7. The highest BCUT2D eigenvalue weighted by atomic mass is 35.5. The normalized spacial score (nSPS) is 21.6. The Morgan fingerprint density at radius 1 is 1.29 bits per heavy atom. The molecule has 0 radical (unpaired) electrons. The van der Waals surface area contributed by atoms with Crippen molar-refractivity contribution >= 4 is 23.5 Å². The van der Waals surface area contributed by atoms with Crippen LogP contribution in [0.5, 0.6) is 0 Å². The van der Waals surface area contributed by atoms with Gasteiger partial charge in [-0.2, -0.15) is 0 Å². The standard InChI is InChI=1S/C15H14ClN3O2/c16-12-6-2-1-4-11(12)5-3-7-18-8-9-19-13(10-18)14(20)17-15(19)21/h1-2,4,6,13H,7-10H2,(H,17,20,21). The summed E-state index contributed by atoms with van der Waals surface area (Å²) in [5.74, 6) is 5.89. The van der Waals surface area contributed by atoms with E-state index >= 15 is 0 Å². The van der Waals surface area contributed by atoms with Crippen molar-refractivity contribution in [2.24, 2.45) is 0 Å². The minimum atomic E-state index is -0.381. The SMILES string of the molecule is O=C1NC(=O)N2CCN(CC#Cc3ccccc3Cl)CC12. The molecular weight excluding hydrogens is 290 g/mol. The van der Waals surface area contributed by atoms with Crippen LogP contribution in [0.25, 0.3) is 0 Å². The van der Waals surface area contributed by atoms with Crippen LogP contribution >= 0.6 is 11.6 Å². The molecule has 0 aromatic heterocycles. The van der Waals surface area contributed by atoms with Gasteiger partial charge in [0.15, 0.2) is 0 Å². The van der Waals surface area contributed by atoms with Gasteiger partial charge >= 0.3 is 6.03 Å². The van der Waals surface area contributed by atoms with Crippen molar-refractivity contribution in [3.8, 4) is 11.8 Å². The number of fused-ring (bicyclic) bond motifs is 1. The van der Waals surface area contributed by atoms with Gasteiger partial charge in [-0.05, 0) is 12.1 Å². The Balaban J connectivity index is 1.62. The molecular formula is C15H14ClN3O2. The molecule has 1 unspecified atom stereocenters. The number of amides is 3. The van der Waals surface area contributed by atoms with Crippen molar-refractivity contribution < 1.29 is 9.59 Å². The van der Waals surface area contributed by atoms with Crippen LogP contribution in [0.1, 0.15) is 5.56 Å². The van der Waals surface area contributed by atoms with Gasteiger partial charge in [-0.3, -0.25) is 15.0 Å². The van der Waals surface area contributed by atoms with E-state index in [1.54, 1.807) is 11.0 Å². The fourth-order valence-corrected chi connectivity index (χ4v) is 2.70. The molecule has 0 bridgehead atoms. The molecule has 6 heteroatoms. The van der Waals surface area contributed by atoms with E-state index in [4.69, 9.17) is 11.6 Å². The molecule has 1 atom stereocenters. The Morgan fingerprint density at radius 3 is 2.90 bits per heavy atom. The lowest BCUT2D eigenvalue weighted by Crippen LogP contribution is -2.53. The lowest BCUT2D eigenvalue weighted by Gasteiger charge is -2.34. The van der Waals surface area contributed by atoms with Crippen LogP contribution in [0.4, 0.5) is 4.79 Å². The van der Waals surface area contributed by atoms with Crippen molar-refractivity contribution in [2.45, 2.75) is 6.04 Å². The third-order valence-electron chi connectivity index (χ3n) is 3.66. The molecule has 3 amide bonds. The molecule has 2 aliphatic heterocycles. The van der Waals surface area contributed by atoms with Crippen molar-refractivity contribution in [1.82, 2.24) is 15.1 Å². The van der Waals surface area contributed by atoms with Gasteiger partial charge in [-0.1, -0.05) is 35.6 Å². The molecule has 2 fully saturated rings. The average Bonchev–Trinajstić information content (AvgIpc) is 2.76. The van der Waals surface area contributed by atoms with Gasteiger partial charge in [0.2, 0.25) is 0 Å². The number of halogens is 1. The number of hydrogen-bond acceptors (Lipinski definition) is 3. The highest BCUT2D eigenvalue weighted by Gasteiger charge is 2.41. The molecule has 0 spiro atoms. The molecule has 1 aromatic rings. The lowest BCUT2D eigenvalue weighted by atomic mass is 10.2. The summed E-state index contributed by atoms with van der Waals surface area (Å²) in [5.41, 5.74) is 0.798. The van der Waals surface area contributed by atoms with Gasteiger partial charge in [0, 0.05) is 25.2 Å². The monoisotopic (exact) mass is 303 g/mol. The van der Waals surface area contributed by atoms with Gasteiger partial charge in [-0.25, -0.2) is 4.79 Å². The van der Waals surface area contributed by atoms with Gasteiger partial charge in [0.05, 0.1) is 11.6 Å². The number of carbonyl (C=O) groups excluding carboxylic acids is 2. The molecule has 108 valence electrons. The predicted molar refractivity (Wildman–Crippen MR) is 78.8 cm³/mol. The third kappa shape index (κ3) is 2.87. The molecule has 2 aliphatic rings. The fraction of sp³-hybridized carbons (Fsp3) is 0.333. The number of hydrogen-bond donors (Lipinski definition) is 1. The molecule has 1 aromatic carbocycles. The first-order chi connectivity index (χ1) is 10.1. The summed E-state index contributed by atoms with van der Waals surface area (Å²) in [5, 5.41) is 2.97. The highest BCUT2D eigenvalue weighted by Crippen LogP contribution is 2.15. The zero-order valence-electron chi connectivity index (χ0n) is 11.3. The summed E-state index contributed by atoms with van der Waals surface area (Å²) >= 11 is 6.04. The minimum Gasteiger partial charge on any atom is -0.310 e. The Morgan fingerprint density at radius 2 is 2.10 bits per heavy atom. The number of imide groups is 1. The Labute approximate surface area is 127 Å². The number of piperazine rings is 1. The number of carbonyl (C=O) groups is 2. The van der Waals surface area contributed by atoms with E-state index in [2.05, 4.69) is 22.1 Å². The number of benzene rings is 1. The molecule has 5 nitrogen and oxygen atoms in total. The predicted octanol–water partition coefficient (Wildman–Crippen LogP) is 0.927. The van der Waals surface area contributed by atoms with Crippen molar-refractivity contribution in [1.29, 1.82) is 0 Å². The molecule has 0 aliphatic carbocycles. The zero-order chi connectivity index (χ0) is 14.8. The van der Waals surface area contributed by atoms with Crippen LogP contribution in [-0.2, 0) is 4.79 Å². The summed E-state index contributed by atoms with van der Waals surface area (Å²) in [6, 6.07) is 6.76. The van der Waals surface area contributed by atoms with Gasteiger partial charge in [0.25, 0.3) is 5.91 Å². The van der Waals surface area contributed by atoms with Gasteiger partial charge in [0.1, 0.15) is 6.04 Å². The van der Waals surface area contributed by atoms with Crippen molar-refractivity contribution in [2.75, 3.05) is 26.2 Å². The van der Waals surface area contributed by atoms with Crippen LogP contribution in [-0.4, -0.2) is 54.0 Å². The van der Waals surface area contributed by atoms with Crippen LogP contribution in [0, 0.1) is 11.8 Å². The van der Waals surface area contributed by atoms with E-state index in [1.807, 2.05) is 18.2 Å². The topological polar surface area (TPSA) is 52.7 Å². The van der Waals surface area contributed by atoms with Gasteiger partial charge in [-0.15, -0.1) is 0 Å². The third-order valence-corrected chi connectivity index (χ3v) is 3.99. The first-order valence-electron chi connectivity index (χ1n) is 6.72. The second-order valence-corrected chi connectivity index (χ2v) is 5.43. The maximum atomic E-state index is 11.7. The quantitative estimate of drug-likeness (QED) is 0.620. The zero-order valence-corrected chi connectivity index (χ0v) is 12.1. The highest BCUT2D eigenvalue weighted by molar-refractivity contribution is 6.31. The first kappa shape index (κ1) is 13.9. The summed E-state index contributed by atoms with van der Waals surface area (Å²) < 4.78 is 0. The van der Waals surface area contributed by atoms with Crippen molar-refractivity contribution in [3.63, 3.8) is 0 Å². The Hall–Kier alpha value is -2.03. The first-order valence-corrected chi connectivity index (χ1v) is 7.10. The number of rotatable bonds is 1. The molecule has 2 heterocycles. The second-order valence-electron chi connectivity index (χ2n) is 5.02. The van der Waals surface area contributed by atoms with E-state index in [0.29, 0.717) is 31.2 Å². The van der Waals surface area contributed by atoms with Crippen LogP contribution in [0.3, 0.4) is 0 Å². The summed E-state index contributed by atoms with van der Waals surface area (Å²) in [6.07, 6.45) is 0. The molecule has 2 saturated heterocycles.